The molecule has 1 aliphatic carbocycles. The third kappa shape index (κ3) is 2.11. The van der Waals surface area contributed by atoms with Crippen LogP contribution in [0, 0.1) is 6.92 Å². The van der Waals surface area contributed by atoms with Gasteiger partial charge in [0, 0.05) is 18.3 Å². The summed E-state index contributed by atoms with van der Waals surface area (Å²) < 4.78 is 0. The van der Waals surface area contributed by atoms with Gasteiger partial charge in [0.25, 0.3) is 0 Å². The highest BCUT2D eigenvalue weighted by molar-refractivity contribution is 5.13. The first-order valence-electron chi connectivity index (χ1n) is 5.02. The maximum Gasteiger partial charge on any atom is 0.0613 e. The molecule has 2 rings (SSSR count). The SMILES string of the molecule is Cc1ccc(CNC2(CO)CC2)nc1. The van der Waals surface area contributed by atoms with Crippen LogP contribution in [-0.4, -0.2) is 22.2 Å². The summed E-state index contributed by atoms with van der Waals surface area (Å²) in [6.45, 7) is 3.01. The van der Waals surface area contributed by atoms with Gasteiger partial charge in [-0.3, -0.25) is 4.98 Å². The Labute approximate surface area is 84.2 Å². The fourth-order valence-corrected chi connectivity index (χ4v) is 1.42. The topological polar surface area (TPSA) is 45.1 Å². The lowest BCUT2D eigenvalue weighted by Gasteiger charge is -2.13. The van der Waals surface area contributed by atoms with Crippen LogP contribution in [-0.2, 0) is 6.54 Å². The zero-order chi connectivity index (χ0) is 10.0. The largest absolute Gasteiger partial charge is 0.394 e. The Kier molecular flexibility index (Phi) is 2.52. The molecule has 1 aliphatic rings. The zero-order valence-electron chi connectivity index (χ0n) is 8.45. The van der Waals surface area contributed by atoms with Gasteiger partial charge in [0.05, 0.1) is 12.3 Å². The van der Waals surface area contributed by atoms with E-state index in [0.717, 1.165) is 25.1 Å². The van der Waals surface area contributed by atoms with Gasteiger partial charge in [0.15, 0.2) is 0 Å². The molecule has 1 saturated carbocycles. The van der Waals surface area contributed by atoms with Crippen LogP contribution >= 0.6 is 0 Å². The van der Waals surface area contributed by atoms with Gasteiger partial charge in [-0.25, -0.2) is 0 Å². The van der Waals surface area contributed by atoms with Crippen molar-refractivity contribution in [2.45, 2.75) is 31.8 Å². The van der Waals surface area contributed by atoms with E-state index in [1.54, 1.807) is 0 Å². The van der Waals surface area contributed by atoms with Crippen molar-refractivity contribution in [2.75, 3.05) is 6.61 Å². The molecular formula is C11H16N2O. The van der Waals surface area contributed by atoms with Gasteiger partial charge >= 0.3 is 0 Å². The maximum atomic E-state index is 9.10. The van der Waals surface area contributed by atoms with Gasteiger partial charge in [-0.2, -0.15) is 0 Å². The first kappa shape index (κ1) is 9.62. The number of hydrogen-bond acceptors (Lipinski definition) is 3. The normalized spacial score (nSPS) is 18.1. The van der Waals surface area contributed by atoms with Crippen LogP contribution in [0.2, 0.25) is 0 Å². The van der Waals surface area contributed by atoms with E-state index in [0.29, 0.717) is 0 Å². The third-order valence-corrected chi connectivity index (χ3v) is 2.77. The molecule has 0 radical (unpaired) electrons. The van der Waals surface area contributed by atoms with Crippen LogP contribution in [0.15, 0.2) is 18.3 Å². The van der Waals surface area contributed by atoms with Gasteiger partial charge in [0.2, 0.25) is 0 Å². The quantitative estimate of drug-likeness (QED) is 0.748. The van der Waals surface area contributed by atoms with Crippen molar-refractivity contribution in [2.24, 2.45) is 0 Å². The fraction of sp³-hybridized carbons (Fsp3) is 0.545. The number of pyridine rings is 1. The van der Waals surface area contributed by atoms with Crippen molar-refractivity contribution >= 4 is 0 Å². The summed E-state index contributed by atoms with van der Waals surface area (Å²) in [5.74, 6) is 0. The molecule has 3 nitrogen and oxygen atoms in total. The molecule has 3 heteroatoms. The Morgan fingerprint density at radius 1 is 1.50 bits per heavy atom. The number of nitrogens with one attached hydrogen (secondary N) is 1. The average Bonchev–Trinajstić information content (AvgIpc) is 2.98. The number of aromatic nitrogens is 1. The molecule has 1 aromatic rings. The van der Waals surface area contributed by atoms with Crippen molar-refractivity contribution < 1.29 is 5.11 Å². The second kappa shape index (κ2) is 3.67. The van der Waals surface area contributed by atoms with Crippen LogP contribution < -0.4 is 5.32 Å². The Hall–Kier alpha value is -0.930. The molecule has 0 unspecified atom stereocenters. The zero-order valence-corrected chi connectivity index (χ0v) is 8.45. The van der Waals surface area contributed by atoms with Crippen molar-refractivity contribution in [3.8, 4) is 0 Å². The highest BCUT2D eigenvalue weighted by Gasteiger charge is 2.41. The highest BCUT2D eigenvalue weighted by Crippen LogP contribution is 2.34. The monoisotopic (exact) mass is 192 g/mol. The Bertz CT molecular complexity index is 304. The molecule has 1 fully saturated rings. The van der Waals surface area contributed by atoms with Crippen LogP contribution in [0.5, 0.6) is 0 Å². The maximum absolute atomic E-state index is 9.10. The van der Waals surface area contributed by atoms with Crippen LogP contribution in [0.25, 0.3) is 0 Å². The van der Waals surface area contributed by atoms with Crippen LogP contribution in [0.4, 0.5) is 0 Å². The lowest BCUT2D eigenvalue weighted by Crippen LogP contribution is -2.34. The highest BCUT2D eigenvalue weighted by atomic mass is 16.3. The molecule has 0 aromatic carbocycles. The number of aliphatic hydroxyl groups excluding tert-OH is 1. The van der Waals surface area contributed by atoms with Crippen LogP contribution in [0.3, 0.4) is 0 Å². The van der Waals surface area contributed by atoms with Crippen molar-refractivity contribution in [1.29, 1.82) is 0 Å². The molecule has 0 amide bonds. The van der Waals surface area contributed by atoms with E-state index < -0.39 is 0 Å². The van der Waals surface area contributed by atoms with Gasteiger partial charge in [-0.15, -0.1) is 0 Å². The molecule has 2 N–H and O–H groups in total. The predicted molar refractivity (Wildman–Crippen MR) is 54.9 cm³/mol. The molecule has 1 aromatic heterocycles. The van der Waals surface area contributed by atoms with E-state index >= 15 is 0 Å². The number of aryl methyl sites for hydroxylation is 1. The molecule has 0 spiro atoms. The summed E-state index contributed by atoms with van der Waals surface area (Å²) >= 11 is 0. The average molecular weight is 192 g/mol. The molecule has 76 valence electrons. The Morgan fingerprint density at radius 3 is 2.79 bits per heavy atom. The number of rotatable bonds is 4. The van der Waals surface area contributed by atoms with E-state index in [2.05, 4.69) is 16.4 Å². The Balaban J connectivity index is 1.89. The van der Waals surface area contributed by atoms with E-state index in [-0.39, 0.29) is 12.1 Å². The van der Waals surface area contributed by atoms with Crippen molar-refractivity contribution in [3.63, 3.8) is 0 Å². The number of nitrogens with zero attached hydrogens (tertiary/aromatic N) is 1. The number of hydrogen-bond donors (Lipinski definition) is 2. The lowest BCUT2D eigenvalue weighted by molar-refractivity contribution is 0.229. The van der Waals surface area contributed by atoms with E-state index in [9.17, 15) is 0 Å². The molecule has 1 heterocycles. The van der Waals surface area contributed by atoms with Crippen LogP contribution in [0.1, 0.15) is 24.1 Å². The van der Waals surface area contributed by atoms with Gasteiger partial charge in [0.1, 0.15) is 0 Å². The number of aliphatic hydroxyl groups is 1. The molecule has 0 atom stereocenters. The second-order valence-electron chi connectivity index (χ2n) is 4.12. The summed E-state index contributed by atoms with van der Waals surface area (Å²) in [6, 6.07) is 4.08. The van der Waals surface area contributed by atoms with Gasteiger partial charge in [-0.1, -0.05) is 6.07 Å². The second-order valence-corrected chi connectivity index (χ2v) is 4.12. The minimum absolute atomic E-state index is 0.00651. The van der Waals surface area contributed by atoms with Crippen molar-refractivity contribution in [3.05, 3.63) is 29.6 Å². The standard InChI is InChI=1S/C11H16N2O/c1-9-2-3-10(12-6-9)7-13-11(8-14)4-5-11/h2-3,6,13-14H,4-5,7-8H2,1H3. The summed E-state index contributed by atoms with van der Waals surface area (Å²) in [6.07, 6.45) is 4.03. The summed E-state index contributed by atoms with van der Waals surface area (Å²) in [7, 11) is 0. The van der Waals surface area contributed by atoms with Crippen molar-refractivity contribution in [1.82, 2.24) is 10.3 Å². The third-order valence-electron chi connectivity index (χ3n) is 2.77. The van der Waals surface area contributed by atoms with Gasteiger partial charge in [-0.05, 0) is 31.4 Å². The van der Waals surface area contributed by atoms with E-state index in [1.807, 2.05) is 19.2 Å². The minimum Gasteiger partial charge on any atom is -0.394 e. The summed E-state index contributed by atoms with van der Waals surface area (Å²) in [4.78, 5) is 4.30. The molecule has 0 saturated heterocycles. The molecule has 14 heavy (non-hydrogen) atoms. The smallest absolute Gasteiger partial charge is 0.0613 e. The molecular weight excluding hydrogens is 176 g/mol. The molecule has 0 aliphatic heterocycles. The lowest BCUT2D eigenvalue weighted by atomic mass is 10.2. The van der Waals surface area contributed by atoms with Gasteiger partial charge < -0.3 is 10.4 Å². The Morgan fingerprint density at radius 2 is 2.29 bits per heavy atom. The summed E-state index contributed by atoms with van der Waals surface area (Å²) in [5.41, 5.74) is 2.22. The first-order chi connectivity index (χ1) is 6.74. The van der Waals surface area contributed by atoms with E-state index in [4.69, 9.17) is 5.11 Å². The van der Waals surface area contributed by atoms with E-state index in [1.165, 1.54) is 5.56 Å². The predicted octanol–water partition coefficient (Wildman–Crippen LogP) is 1.00. The molecule has 0 bridgehead atoms. The fourth-order valence-electron chi connectivity index (χ4n) is 1.42. The minimum atomic E-state index is 0.00651. The first-order valence-corrected chi connectivity index (χ1v) is 5.02. The summed E-state index contributed by atoms with van der Waals surface area (Å²) in [5, 5.41) is 12.4.